The second kappa shape index (κ2) is 9.92. The number of carboxylic acid groups (broad SMARTS) is 1. The van der Waals surface area contributed by atoms with Crippen LogP contribution in [0.5, 0.6) is 11.6 Å². The first-order chi connectivity index (χ1) is 17.2. The summed E-state index contributed by atoms with van der Waals surface area (Å²) in [7, 11) is 1.62. The number of carboxylic acids is 1. The highest BCUT2D eigenvalue weighted by Gasteiger charge is 2.28. The Kier molecular flexibility index (Phi) is 6.75. The molecule has 4 rings (SSSR count). The lowest BCUT2D eigenvalue weighted by Crippen LogP contribution is -2.30. The van der Waals surface area contributed by atoms with Crippen LogP contribution in [0.1, 0.15) is 25.0 Å². The molecule has 2 heterocycles. The summed E-state index contributed by atoms with van der Waals surface area (Å²) in [5, 5.41) is 19.1. The molecular weight excluding hydrogens is 456 g/mol. The fourth-order valence-corrected chi connectivity index (χ4v) is 3.61. The van der Waals surface area contributed by atoms with Crippen molar-refractivity contribution < 1.29 is 19.4 Å². The number of pyridine rings is 1. The molecule has 0 amide bonds. The number of H-pyrrole nitrogens is 1. The Morgan fingerprint density at radius 3 is 2.47 bits per heavy atom. The molecule has 0 fully saturated rings. The number of ether oxygens (including phenoxy) is 2. The SMILES string of the molecule is COc1ccc(-c2c[nH]c(-c3ccc(-c4cnc(OCC(C)(C)C(=O)O)cc4C)cc3C#N)n2)cc1. The van der Waals surface area contributed by atoms with Gasteiger partial charge >= 0.3 is 5.97 Å². The molecule has 0 spiro atoms. The number of hydrogen-bond acceptors (Lipinski definition) is 6. The molecule has 0 atom stereocenters. The van der Waals surface area contributed by atoms with Gasteiger partial charge in [0.15, 0.2) is 0 Å². The monoisotopic (exact) mass is 482 g/mol. The Labute approximate surface area is 209 Å². The number of aromatic amines is 1. The molecule has 0 aliphatic carbocycles. The van der Waals surface area contributed by atoms with E-state index in [0.717, 1.165) is 33.7 Å². The molecule has 8 heteroatoms. The van der Waals surface area contributed by atoms with Crippen molar-refractivity contribution in [3.63, 3.8) is 0 Å². The van der Waals surface area contributed by atoms with E-state index in [9.17, 15) is 15.2 Å². The summed E-state index contributed by atoms with van der Waals surface area (Å²) in [5.74, 6) is 0.783. The zero-order chi connectivity index (χ0) is 25.9. The average molecular weight is 483 g/mol. The van der Waals surface area contributed by atoms with Crippen molar-refractivity contribution in [3.8, 4) is 51.5 Å². The van der Waals surface area contributed by atoms with Gasteiger partial charge in [-0.15, -0.1) is 0 Å². The van der Waals surface area contributed by atoms with Crippen LogP contribution >= 0.6 is 0 Å². The fourth-order valence-electron chi connectivity index (χ4n) is 3.61. The van der Waals surface area contributed by atoms with Crippen molar-refractivity contribution in [1.82, 2.24) is 15.0 Å². The second-order valence-corrected chi connectivity index (χ2v) is 9.05. The van der Waals surface area contributed by atoms with Crippen molar-refractivity contribution >= 4 is 5.97 Å². The number of nitrogens with zero attached hydrogens (tertiary/aromatic N) is 3. The lowest BCUT2D eigenvalue weighted by molar-refractivity contribution is -0.148. The second-order valence-electron chi connectivity index (χ2n) is 9.05. The van der Waals surface area contributed by atoms with Crippen molar-refractivity contribution in [2.75, 3.05) is 13.7 Å². The van der Waals surface area contributed by atoms with Gasteiger partial charge in [-0.05, 0) is 68.3 Å². The van der Waals surface area contributed by atoms with Gasteiger partial charge in [0.1, 0.15) is 18.2 Å². The summed E-state index contributed by atoms with van der Waals surface area (Å²) in [5.41, 5.74) is 4.43. The summed E-state index contributed by atoms with van der Waals surface area (Å²) in [6.07, 6.45) is 3.48. The topological polar surface area (TPSA) is 121 Å². The fraction of sp³-hybridized carbons (Fsp3) is 0.214. The number of nitrogens with one attached hydrogen (secondary N) is 1. The number of methoxy groups -OCH3 is 1. The molecule has 8 nitrogen and oxygen atoms in total. The minimum atomic E-state index is -1.02. The van der Waals surface area contributed by atoms with E-state index in [4.69, 9.17) is 9.47 Å². The van der Waals surface area contributed by atoms with Gasteiger partial charge in [-0.3, -0.25) is 4.79 Å². The number of rotatable bonds is 8. The van der Waals surface area contributed by atoms with E-state index in [1.54, 1.807) is 33.2 Å². The van der Waals surface area contributed by atoms with E-state index in [0.29, 0.717) is 22.8 Å². The Bertz CT molecular complexity index is 1450. The van der Waals surface area contributed by atoms with Gasteiger partial charge in [0.2, 0.25) is 5.88 Å². The first-order valence-electron chi connectivity index (χ1n) is 11.3. The van der Waals surface area contributed by atoms with E-state index in [2.05, 4.69) is 21.0 Å². The molecule has 4 aromatic rings. The Hall–Kier alpha value is -4.64. The number of aliphatic carboxylic acids is 1. The van der Waals surface area contributed by atoms with Crippen LogP contribution in [-0.2, 0) is 4.79 Å². The normalized spacial score (nSPS) is 11.1. The summed E-state index contributed by atoms with van der Waals surface area (Å²) < 4.78 is 10.8. The molecule has 0 saturated heterocycles. The van der Waals surface area contributed by atoms with Crippen LogP contribution in [0.4, 0.5) is 0 Å². The smallest absolute Gasteiger partial charge is 0.312 e. The zero-order valence-electron chi connectivity index (χ0n) is 20.5. The van der Waals surface area contributed by atoms with Crippen LogP contribution in [0, 0.1) is 23.7 Å². The number of nitriles is 1. The van der Waals surface area contributed by atoms with Crippen LogP contribution < -0.4 is 9.47 Å². The van der Waals surface area contributed by atoms with E-state index < -0.39 is 11.4 Å². The van der Waals surface area contributed by atoms with Crippen LogP contribution in [0.2, 0.25) is 0 Å². The number of imidazole rings is 1. The van der Waals surface area contributed by atoms with Gasteiger partial charge in [-0.25, -0.2) is 9.97 Å². The predicted octanol–water partition coefficient (Wildman–Crippen LogP) is 5.48. The largest absolute Gasteiger partial charge is 0.497 e. The maximum absolute atomic E-state index is 11.3. The quantitative estimate of drug-likeness (QED) is 0.341. The maximum Gasteiger partial charge on any atom is 0.312 e. The Morgan fingerprint density at radius 1 is 1.11 bits per heavy atom. The minimum absolute atomic E-state index is 0.00303. The van der Waals surface area contributed by atoms with Gasteiger partial charge in [-0.2, -0.15) is 5.26 Å². The van der Waals surface area contributed by atoms with Crippen LogP contribution in [0.25, 0.3) is 33.8 Å². The minimum Gasteiger partial charge on any atom is -0.497 e. The first kappa shape index (κ1) is 24.5. The molecule has 0 aliphatic rings. The predicted molar refractivity (Wildman–Crippen MR) is 136 cm³/mol. The highest BCUT2D eigenvalue weighted by Crippen LogP contribution is 2.31. The highest BCUT2D eigenvalue weighted by molar-refractivity contribution is 5.76. The molecule has 36 heavy (non-hydrogen) atoms. The Morgan fingerprint density at radius 2 is 1.83 bits per heavy atom. The molecule has 0 radical (unpaired) electrons. The number of carbonyl (C=O) groups is 1. The summed E-state index contributed by atoms with van der Waals surface area (Å²) in [6, 6.07) is 17.2. The van der Waals surface area contributed by atoms with E-state index in [-0.39, 0.29) is 6.61 Å². The summed E-state index contributed by atoms with van der Waals surface area (Å²) in [6.45, 7) is 5.11. The van der Waals surface area contributed by atoms with E-state index >= 15 is 0 Å². The standard InChI is InChI=1S/C28H26N4O4/c1-17-11-25(36-16-28(2,3)27(33)34)30-14-23(17)19-7-10-22(20(12-19)13-29)26-31-15-24(32-26)18-5-8-21(35-4)9-6-18/h5-12,14-15H,16H2,1-4H3,(H,31,32)(H,33,34). The molecule has 182 valence electrons. The van der Waals surface area contributed by atoms with Gasteiger partial charge in [-0.1, -0.05) is 6.07 Å². The van der Waals surface area contributed by atoms with E-state index in [1.165, 1.54) is 0 Å². The molecule has 0 bridgehead atoms. The van der Waals surface area contributed by atoms with Crippen LogP contribution in [-0.4, -0.2) is 39.7 Å². The number of hydrogen-bond donors (Lipinski definition) is 2. The van der Waals surface area contributed by atoms with Crippen LogP contribution in [0.3, 0.4) is 0 Å². The third-order valence-electron chi connectivity index (χ3n) is 5.92. The molecule has 0 unspecified atom stereocenters. The van der Waals surface area contributed by atoms with Gasteiger partial charge in [0.05, 0.1) is 29.9 Å². The van der Waals surface area contributed by atoms with Gasteiger partial charge < -0.3 is 19.6 Å². The van der Waals surface area contributed by atoms with Crippen molar-refractivity contribution in [1.29, 1.82) is 5.26 Å². The molecular formula is C28H26N4O4. The Balaban J connectivity index is 1.58. The number of aryl methyl sites for hydroxylation is 1. The molecule has 0 aliphatic heterocycles. The van der Waals surface area contributed by atoms with Gasteiger partial charge in [0, 0.05) is 35.2 Å². The lowest BCUT2D eigenvalue weighted by atomic mass is 9.95. The van der Waals surface area contributed by atoms with Crippen molar-refractivity contribution in [3.05, 3.63) is 72.1 Å². The maximum atomic E-state index is 11.3. The molecule has 2 aromatic heterocycles. The highest BCUT2D eigenvalue weighted by atomic mass is 16.5. The van der Waals surface area contributed by atoms with E-state index in [1.807, 2.05) is 55.6 Å². The average Bonchev–Trinajstić information content (AvgIpc) is 3.37. The van der Waals surface area contributed by atoms with Crippen LogP contribution in [0.15, 0.2) is 60.9 Å². The van der Waals surface area contributed by atoms with Gasteiger partial charge in [0.25, 0.3) is 0 Å². The lowest BCUT2D eigenvalue weighted by Gasteiger charge is -2.19. The third kappa shape index (κ3) is 5.05. The zero-order valence-corrected chi connectivity index (χ0v) is 20.5. The third-order valence-corrected chi connectivity index (χ3v) is 5.92. The first-order valence-corrected chi connectivity index (χ1v) is 11.3. The number of aromatic nitrogens is 3. The molecule has 2 N–H and O–H groups in total. The van der Waals surface area contributed by atoms with Crippen molar-refractivity contribution in [2.24, 2.45) is 5.41 Å². The molecule has 0 saturated carbocycles. The van der Waals surface area contributed by atoms with Crippen molar-refractivity contribution in [2.45, 2.75) is 20.8 Å². The summed E-state index contributed by atoms with van der Waals surface area (Å²) in [4.78, 5) is 23.5. The molecule has 2 aromatic carbocycles. The number of benzene rings is 2. The summed E-state index contributed by atoms with van der Waals surface area (Å²) >= 11 is 0.